The van der Waals surface area contributed by atoms with Gasteiger partial charge in [0.1, 0.15) is 0 Å². The minimum atomic E-state index is -0.570. The average molecular weight is 441 g/mol. The number of benzene rings is 4. The van der Waals surface area contributed by atoms with Crippen molar-refractivity contribution in [1.82, 2.24) is 0 Å². The van der Waals surface area contributed by atoms with Crippen molar-refractivity contribution in [3.63, 3.8) is 0 Å². The first-order valence-corrected chi connectivity index (χ1v) is 11.9. The van der Waals surface area contributed by atoms with E-state index in [-0.39, 0.29) is 0 Å². The van der Waals surface area contributed by atoms with Gasteiger partial charge in [0, 0.05) is 5.75 Å². The third-order valence-corrected chi connectivity index (χ3v) is 7.15. The van der Waals surface area contributed by atoms with Crippen LogP contribution in [0.5, 0.6) is 0 Å². The molecule has 3 heteroatoms. The smallest absolute Gasteiger partial charge is 0.0907 e. The molecule has 1 N–H and O–H groups in total. The molecular weight excluding hydrogens is 412 g/mol. The Morgan fingerprint density at radius 2 is 1.03 bits per heavy atom. The molecule has 0 fully saturated rings. The quantitative estimate of drug-likeness (QED) is 0.294. The molecule has 0 heterocycles. The Kier molecular flexibility index (Phi) is 7.78. The van der Waals surface area contributed by atoms with E-state index in [0.29, 0.717) is 19.0 Å². The fraction of sp³-hybridized carbons (Fsp3) is 0.172. The largest absolute Gasteiger partial charge is 0.390 e. The highest BCUT2D eigenvalue weighted by Gasteiger charge is 2.37. The lowest BCUT2D eigenvalue weighted by atomic mass is 9.84. The van der Waals surface area contributed by atoms with Gasteiger partial charge in [0.2, 0.25) is 0 Å². The molecule has 4 aromatic carbocycles. The summed E-state index contributed by atoms with van der Waals surface area (Å²) in [6.45, 7) is 0.806. The van der Waals surface area contributed by atoms with Crippen LogP contribution in [0.1, 0.15) is 22.3 Å². The van der Waals surface area contributed by atoms with E-state index in [2.05, 4.69) is 72.8 Å². The highest BCUT2D eigenvalue weighted by molar-refractivity contribution is 8.00. The number of hydrogen-bond acceptors (Lipinski definition) is 3. The van der Waals surface area contributed by atoms with Gasteiger partial charge >= 0.3 is 0 Å². The zero-order valence-corrected chi connectivity index (χ0v) is 18.8. The number of aliphatic hydroxyl groups excluding tert-OH is 1. The summed E-state index contributed by atoms with van der Waals surface area (Å²) in [5, 5.41) is 10.8. The molecule has 0 aliphatic rings. The lowest BCUT2D eigenvalue weighted by Crippen LogP contribution is -2.29. The molecule has 0 radical (unpaired) electrons. The van der Waals surface area contributed by atoms with Gasteiger partial charge in [-0.1, -0.05) is 121 Å². The van der Waals surface area contributed by atoms with Gasteiger partial charge in [-0.25, -0.2) is 0 Å². The van der Waals surface area contributed by atoms with Crippen LogP contribution in [-0.4, -0.2) is 23.6 Å². The maximum absolute atomic E-state index is 10.8. The topological polar surface area (TPSA) is 29.5 Å². The minimum absolute atomic E-state index is 0.302. The summed E-state index contributed by atoms with van der Waals surface area (Å²) < 4.78 is 5.37. The average Bonchev–Trinajstić information content (AvgIpc) is 2.87. The highest BCUT2D eigenvalue weighted by atomic mass is 32.2. The molecule has 0 aliphatic heterocycles. The molecule has 0 spiro atoms. The molecule has 0 aromatic heterocycles. The number of rotatable bonds is 10. The number of ether oxygens (including phenoxy) is 1. The lowest BCUT2D eigenvalue weighted by Gasteiger charge is -2.36. The van der Waals surface area contributed by atoms with Gasteiger partial charge < -0.3 is 9.84 Å². The van der Waals surface area contributed by atoms with E-state index >= 15 is 0 Å². The Morgan fingerprint density at radius 1 is 0.625 bits per heavy atom. The van der Waals surface area contributed by atoms with Crippen LogP contribution in [0.3, 0.4) is 0 Å². The molecule has 0 amide bonds. The standard InChI is InChI=1S/C29H28O2S/c30-28(22-31-21-24-13-5-1-6-14-24)23-32-29(25-15-7-2-8-16-25,26-17-9-3-10-18-26)27-19-11-4-12-20-27/h1-20,28,30H,21-23H2/t28-/m1/s1. The third-order valence-electron chi connectivity index (χ3n) is 5.45. The SMILES string of the molecule is O[C@H](COCc1ccccc1)CSC(c1ccccc1)(c1ccccc1)c1ccccc1. The maximum Gasteiger partial charge on any atom is 0.0907 e. The van der Waals surface area contributed by atoms with Crippen molar-refractivity contribution in [1.29, 1.82) is 0 Å². The van der Waals surface area contributed by atoms with Crippen LogP contribution in [0.25, 0.3) is 0 Å². The number of thioether (sulfide) groups is 1. The third kappa shape index (κ3) is 5.31. The summed E-state index contributed by atoms with van der Waals surface area (Å²) in [4.78, 5) is 0. The van der Waals surface area contributed by atoms with Crippen LogP contribution < -0.4 is 0 Å². The summed E-state index contributed by atoms with van der Waals surface area (Å²) in [6, 6.07) is 41.7. The van der Waals surface area contributed by atoms with Crippen LogP contribution in [-0.2, 0) is 16.1 Å². The maximum atomic E-state index is 10.8. The first-order valence-electron chi connectivity index (χ1n) is 10.9. The monoisotopic (exact) mass is 440 g/mol. The molecule has 0 aliphatic carbocycles. The molecule has 0 unspecified atom stereocenters. The molecule has 2 nitrogen and oxygen atoms in total. The molecular formula is C29H28O2S. The predicted molar refractivity (Wildman–Crippen MR) is 134 cm³/mol. The molecule has 4 rings (SSSR count). The van der Waals surface area contributed by atoms with Crippen molar-refractivity contribution in [2.75, 3.05) is 12.4 Å². The molecule has 4 aromatic rings. The van der Waals surface area contributed by atoms with Gasteiger partial charge in [0.25, 0.3) is 0 Å². The Balaban J connectivity index is 1.58. The second-order valence-electron chi connectivity index (χ2n) is 7.74. The first kappa shape index (κ1) is 22.3. The van der Waals surface area contributed by atoms with Gasteiger partial charge in [0.15, 0.2) is 0 Å². The minimum Gasteiger partial charge on any atom is -0.390 e. The van der Waals surface area contributed by atoms with Crippen molar-refractivity contribution < 1.29 is 9.84 Å². The van der Waals surface area contributed by atoms with Crippen LogP contribution in [0, 0.1) is 0 Å². The van der Waals surface area contributed by atoms with E-state index in [1.807, 2.05) is 48.5 Å². The molecule has 0 bridgehead atoms. The predicted octanol–water partition coefficient (Wildman–Crippen LogP) is 6.29. The zero-order valence-electron chi connectivity index (χ0n) is 18.0. The summed E-state index contributed by atoms with van der Waals surface area (Å²) >= 11 is 1.75. The summed E-state index contributed by atoms with van der Waals surface area (Å²) in [5.74, 6) is 0.549. The van der Waals surface area contributed by atoms with Crippen LogP contribution in [0.2, 0.25) is 0 Å². The van der Waals surface area contributed by atoms with E-state index < -0.39 is 10.9 Å². The molecule has 1 atom stereocenters. The van der Waals surface area contributed by atoms with E-state index in [1.165, 1.54) is 16.7 Å². The van der Waals surface area contributed by atoms with Crippen LogP contribution in [0.4, 0.5) is 0 Å². The Morgan fingerprint density at radius 3 is 1.47 bits per heavy atom. The molecule has 0 saturated heterocycles. The Labute approximate surface area is 194 Å². The van der Waals surface area contributed by atoms with Gasteiger partial charge in [-0.15, -0.1) is 11.8 Å². The van der Waals surface area contributed by atoms with Crippen molar-refractivity contribution in [3.8, 4) is 0 Å². The highest BCUT2D eigenvalue weighted by Crippen LogP contribution is 2.48. The van der Waals surface area contributed by atoms with E-state index in [0.717, 1.165) is 5.56 Å². The fourth-order valence-electron chi connectivity index (χ4n) is 3.92. The van der Waals surface area contributed by atoms with E-state index in [4.69, 9.17) is 4.74 Å². The fourth-order valence-corrected chi connectivity index (χ4v) is 5.37. The van der Waals surface area contributed by atoms with Gasteiger partial charge in [-0.05, 0) is 22.3 Å². The lowest BCUT2D eigenvalue weighted by molar-refractivity contribution is 0.0397. The van der Waals surface area contributed by atoms with E-state index in [9.17, 15) is 5.11 Å². The van der Waals surface area contributed by atoms with Gasteiger partial charge in [-0.2, -0.15) is 0 Å². The summed E-state index contributed by atoms with van der Waals surface area (Å²) in [5.41, 5.74) is 4.69. The van der Waals surface area contributed by atoms with Crippen molar-refractivity contribution in [2.45, 2.75) is 17.5 Å². The number of hydrogen-bond donors (Lipinski definition) is 1. The number of aliphatic hydroxyl groups is 1. The molecule has 0 saturated carbocycles. The molecule has 32 heavy (non-hydrogen) atoms. The summed E-state index contributed by atoms with van der Waals surface area (Å²) in [6.07, 6.45) is -0.570. The Bertz CT molecular complexity index is 957. The van der Waals surface area contributed by atoms with Crippen molar-refractivity contribution in [2.24, 2.45) is 0 Å². The second kappa shape index (κ2) is 11.1. The van der Waals surface area contributed by atoms with Crippen LogP contribution in [0.15, 0.2) is 121 Å². The first-order chi connectivity index (χ1) is 15.8. The summed E-state index contributed by atoms with van der Waals surface area (Å²) in [7, 11) is 0. The van der Waals surface area contributed by atoms with Gasteiger partial charge in [-0.3, -0.25) is 0 Å². The Hall–Kier alpha value is -2.85. The molecule has 162 valence electrons. The van der Waals surface area contributed by atoms with Gasteiger partial charge in [0.05, 0.1) is 24.1 Å². The van der Waals surface area contributed by atoms with Crippen molar-refractivity contribution in [3.05, 3.63) is 144 Å². The normalized spacial score (nSPS) is 12.4. The zero-order chi connectivity index (χ0) is 22.1. The van der Waals surface area contributed by atoms with Crippen molar-refractivity contribution >= 4 is 11.8 Å². The van der Waals surface area contributed by atoms with E-state index in [1.54, 1.807) is 11.8 Å². The second-order valence-corrected chi connectivity index (χ2v) is 8.98. The van der Waals surface area contributed by atoms with Crippen LogP contribution >= 0.6 is 11.8 Å².